The molecule has 0 aliphatic carbocycles. The number of amides is 1. The lowest BCUT2D eigenvalue weighted by Gasteiger charge is -2.11. The van der Waals surface area contributed by atoms with E-state index in [9.17, 15) is 9.18 Å². The molecule has 0 bridgehead atoms. The number of halogens is 2. The van der Waals surface area contributed by atoms with Crippen molar-refractivity contribution in [2.45, 2.75) is 0 Å². The highest BCUT2D eigenvalue weighted by atomic mass is 35.5. The van der Waals surface area contributed by atoms with Crippen LogP contribution in [0.2, 0.25) is 5.02 Å². The molecule has 2 aromatic rings. The van der Waals surface area contributed by atoms with Crippen molar-refractivity contribution in [3.63, 3.8) is 0 Å². The van der Waals surface area contributed by atoms with Gasteiger partial charge in [-0.15, -0.1) is 0 Å². The fraction of sp³-hybridized carbons (Fsp3) is 0.0769. The topological polar surface area (TPSA) is 54.0 Å². The van der Waals surface area contributed by atoms with Crippen molar-refractivity contribution in [3.05, 3.63) is 53.1 Å². The SMILES string of the molecule is CNC(=O)c1cnccc1Nc1ccc(Cl)cc1F. The van der Waals surface area contributed by atoms with Crippen LogP contribution in [-0.4, -0.2) is 17.9 Å². The Labute approximate surface area is 114 Å². The number of anilines is 2. The Hall–Kier alpha value is -2.14. The molecule has 0 aliphatic heterocycles. The van der Waals surface area contributed by atoms with Crippen LogP contribution in [0.25, 0.3) is 0 Å². The molecule has 19 heavy (non-hydrogen) atoms. The van der Waals surface area contributed by atoms with Gasteiger partial charge in [-0.05, 0) is 24.3 Å². The van der Waals surface area contributed by atoms with E-state index in [-0.39, 0.29) is 11.6 Å². The minimum Gasteiger partial charge on any atom is -0.355 e. The number of rotatable bonds is 3. The zero-order chi connectivity index (χ0) is 13.8. The van der Waals surface area contributed by atoms with Crippen molar-refractivity contribution in [1.29, 1.82) is 0 Å². The number of benzene rings is 1. The zero-order valence-corrected chi connectivity index (χ0v) is 10.8. The summed E-state index contributed by atoms with van der Waals surface area (Å²) >= 11 is 5.68. The maximum Gasteiger partial charge on any atom is 0.254 e. The van der Waals surface area contributed by atoms with Gasteiger partial charge in [0.2, 0.25) is 0 Å². The molecule has 1 aromatic heterocycles. The van der Waals surface area contributed by atoms with E-state index in [1.165, 1.54) is 31.6 Å². The monoisotopic (exact) mass is 279 g/mol. The predicted octanol–water partition coefficient (Wildman–Crippen LogP) is 2.98. The molecule has 0 saturated carbocycles. The summed E-state index contributed by atoms with van der Waals surface area (Å²) in [5, 5.41) is 5.66. The van der Waals surface area contributed by atoms with Crippen molar-refractivity contribution in [3.8, 4) is 0 Å². The standard InChI is InChI=1S/C13H11ClFN3O/c1-16-13(19)9-7-17-5-4-11(9)18-12-3-2-8(14)6-10(12)15/h2-7H,1H3,(H,16,19)(H,17,18). The van der Waals surface area contributed by atoms with Crippen LogP contribution in [0.15, 0.2) is 36.7 Å². The molecule has 0 saturated heterocycles. The average Bonchev–Trinajstić information content (AvgIpc) is 2.41. The van der Waals surface area contributed by atoms with Crippen LogP contribution in [0.3, 0.4) is 0 Å². The number of hydrogen-bond acceptors (Lipinski definition) is 3. The number of nitrogens with zero attached hydrogens (tertiary/aromatic N) is 1. The normalized spacial score (nSPS) is 10.1. The Kier molecular flexibility index (Phi) is 3.97. The van der Waals surface area contributed by atoms with E-state index in [0.29, 0.717) is 16.3 Å². The fourth-order valence-corrected chi connectivity index (χ4v) is 1.71. The second-order valence-corrected chi connectivity index (χ2v) is 4.19. The highest BCUT2D eigenvalue weighted by molar-refractivity contribution is 6.30. The minimum atomic E-state index is -0.493. The molecule has 1 heterocycles. The van der Waals surface area contributed by atoms with Gasteiger partial charge in [-0.1, -0.05) is 11.6 Å². The summed E-state index contributed by atoms with van der Waals surface area (Å²) in [5.74, 6) is -0.794. The van der Waals surface area contributed by atoms with Crippen molar-refractivity contribution in [1.82, 2.24) is 10.3 Å². The van der Waals surface area contributed by atoms with Gasteiger partial charge in [0.25, 0.3) is 5.91 Å². The first-order valence-corrected chi connectivity index (χ1v) is 5.88. The molecule has 0 fully saturated rings. The van der Waals surface area contributed by atoms with Crippen molar-refractivity contribution >= 4 is 28.9 Å². The zero-order valence-electron chi connectivity index (χ0n) is 10.1. The van der Waals surface area contributed by atoms with Gasteiger partial charge in [-0.3, -0.25) is 9.78 Å². The molecule has 2 N–H and O–H groups in total. The Morgan fingerprint density at radius 2 is 2.11 bits per heavy atom. The molecule has 98 valence electrons. The summed E-state index contributed by atoms with van der Waals surface area (Å²) < 4.78 is 13.7. The highest BCUT2D eigenvalue weighted by Crippen LogP contribution is 2.24. The Balaban J connectivity index is 2.35. The maximum absolute atomic E-state index is 13.7. The van der Waals surface area contributed by atoms with Crippen molar-refractivity contribution in [2.75, 3.05) is 12.4 Å². The van der Waals surface area contributed by atoms with E-state index in [4.69, 9.17) is 11.6 Å². The van der Waals surface area contributed by atoms with Crippen molar-refractivity contribution in [2.24, 2.45) is 0 Å². The number of carbonyl (C=O) groups is 1. The van der Waals surface area contributed by atoms with E-state index in [1.807, 2.05) is 0 Å². The molecule has 1 amide bonds. The number of aromatic nitrogens is 1. The second kappa shape index (κ2) is 5.67. The minimum absolute atomic E-state index is 0.237. The Morgan fingerprint density at radius 3 is 2.79 bits per heavy atom. The largest absolute Gasteiger partial charge is 0.355 e. The molecule has 0 radical (unpaired) electrons. The van der Waals surface area contributed by atoms with Gasteiger partial charge < -0.3 is 10.6 Å². The lowest BCUT2D eigenvalue weighted by atomic mass is 10.2. The molecule has 0 atom stereocenters. The number of carbonyl (C=O) groups excluding carboxylic acids is 1. The maximum atomic E-state index is 13.7. The van der Waals surface area contributed by atoms with Crippen LogP contribution in [0, 0.1) is 5.82 Å². The van der Waals surface area contributed by atoms with Gasteiger partial charge in [0, 0.05) is 24.5 Å². The molecule has 0 aliphatic rings. The third-order valence-corrected chi connectivity index (χ3v) is 2.73. The lowest BCUT2D eigenvalue weighted by molar-refractivity contribution is 0.0963. The Bertz CT molecular complexity index is 619. The van der Waals surface area contributed by atoms with Gasteiger partial charge in [0.1, 0.15) is 5.82 Å². The number of hydrogen-bond donors (Lipinski definition) is 2. The number of nitrogens with one attached hydrogen (secondary N) is 2. The fourth-order valence-electron chi connectivity index (χ4n) is 1.56. The van der Waals surface area contributed by atoms with Gasteiger partial charge in [-0.25, -0.2) is 4.39 Å². The number of pyridine rings is 1. The third kappa shape index (κ3) is 3.00. The highest BCUT2D eigenvalue weighted by Gasteiger charge is 2.11. The van der Waals surface area contributed by atoms with Crippen LogP contribution in [-0.2, 0) is 0 Å². The molecular formula is C13H11ClFN3O. The summed E-state index contributed by atoms with van der Waals surface area (Å²) in [4.78, 5) is 15.5. The molecular weight excluding hydrogens is 269 g/mol. The van der Waals surface area contributed by atoms with Crippen LogP contribution in [0.1, 0.15) is 10.4 Å². The van der Waals surface area contributed by atoms with E-state index in [0.717, 1.165) is 0 Å². The van der Waals surface area contributed by atoms with Crippen LogP contribution >= 0.6 is 11.6 Å². The molecule has 4 nitrogen and oxygen atoms in total. The third-order valence-electron chi connectivity index (χ3n) is 2.49. The predicted molar refractivity (Wildman–Crippen MR) is 72.3 cm³/mol. The smallest absolute Gasteiger partial charge is 0.254 e. The summed E-state index contributed by atoms with van der Waals surface area (Å²) in [6.45, 7) is 0. The van der Waals surface area contributed by atoms with Gasteiger partial charge in [-0.2, -0.15) is 0 Å². The van der Waals surface area contributed by atoms with Gasteiger partial charge in [0.05, 0.1) is 16.9 Å². The van der Waals surface area contributed by atoms with Crippen LogP contribution in [0.5, 0.6) is 0 Å². The van der Waals surface area contributed by atoms with Gasteiger partial charge in [0.15, 0.2) is 0 Å². The first-order chi connectivity index (χ1) is 9.11. The summed E-state index contributed by atoms with van der Waals surface area (Å²) in [6, 6.07) is 5.86. The first-order valence-electron chi connectivity index (χ1n) is 5.50. The summed E-state index contributed by atoms with van der Waals surface area (Å²) in [7, 11) is 1.52. The van der Waals surface area contributed by atoms with E-state index in [2.05, 4.69) is 15.6 Å². The van der Waals surface area contributed by atoms with Crippen molar-refractivity contribution < 1.29 is 9.18 Å². The molecule has 0 spiro atoms. The molecule has 0 unspecified atom stereocenters. The Morgan fingerprint density at radius 1 is 1.32 bits per heavy atom. The first kappa shape index (κ1) is 13.3. The van der Waals surface area contributed by atoms with E-state index in [1.54, 1.807) is 12.1 Å². The quantitative estimate of drug-likeness (QED) is 0.908. The lowest BCUT2D eigenvalue weighted by Crippen LogP contribution is -2.19. The van der Waals surface area contributed by atoms with Crippen LogP contribution in [0.4, 0.5) is 15.8 Å². The average molecular weight is 280 g/mol. The second-order valence-electron chi connectivity index (χ2n) is 3.75. The van der Waals surface area contributed by atoms with Gasteiger partial charge >= 0.3 is 0 Å². The molecule has 2 rings (SSSR count). The molecule has 1 aromatic carbocycles. The van der Waals surface area contributed by atoms with Crippen LogP contribution < -0.4 is 10.6 Å². The molecule has 6 heteroatoms. The van der Waals surface area contributed by atoms with E-state index < -0.39 is 5.82 Å². The van der Waals surface area contributed by atoms with E-state index >= 15 is 0 Å². The summed E-state index contributed by atoms with van der Waals surface area (Å²) in [5.41, 5.74) is 1.04. The summed E-state index contributed by atoms with van der Waals surface area (Å²) in [6.07, 6.45) is 2.93.